The zero-order chi connectivity index (χ0) is 19.3. The normalized spacial score (nSPS) is 12.0. The van der Waals surface area contributed by atoms with Crippen LogP contribution in [0, 0.1) is 13.8 Å². The van der Waals surface area contributed by atoms with E-state index in [0.29, 0.717) is 16.7 Å². The summed E-state index contributed by atoms with van der Waals surface area (Å²) in [6, 6.07) is 5.82. The molecule has 0 spiro atoms. The number of nitrogens with zero attached hydrogens (tertiary/aromatic N) is 5. The van der Waals surface area contributed by atoms with Crippen LogP contribution in [-0.4, -0.2) is 46.3 Å². The summed E-state index contributed by atoms with van der Waals surface area (Å²) in [5, 5.41) is 4.67. The van der Waals surface area contributed by atoms with Crippen LogP contribution >= 0.6 is 0 Å². The zero-order valence-electron chi connectivity index (χ0n) is 15.3. The first kappa shape index (κ1) is 17.3. The number of aryl methyl sites for hydroxylation is 1. The lowest BCUT2D eigenvalue weighted by Gasteiger charge is -2.15. The van der Waals surface area contributed by atoms with Crippen LogP contribution in [0.2, 0.25) is 0 Å². The van der Waals surface area contributed by atoms with Crippen molar-refractivity contribution < 1.29 is 13.2 Å². The number of fused-ring (bicyclic) bond motifs is 3. The molecule has 0 amide bonds. The van der Waals surface area contributed by atoms with Crippen LogP contribution < -0.4 is 4.74 Å². The van der Waals surface area contributed by atoms with Crippen LogP contribution in [0.4, 0.5) is 0 Å². The Morgan fingerprint density at radius 2 is 1.89 bits per heavy atom. The van der Waals surface area contributed by atoms with Gasteiger partial charge in [-0.2, -0.15) is 14.6 Å². The summed E-state index contributed by atoms with van der Waals surface area (Å²) in [5.74, 6) is 0.775. The number of hydrogen-bond donors (Lipinski definition) is 0. The number of aromatic nitrogens is 5. The van der Waals surface area contributed by atoms with Crippen LogP contribution in [-0.2, 0) is 9.84 Å². The molecule has 0 saturated carbocycles. The number of rotatable bonds is 3. The molecule has 4 rings (SSSR count). The number of ether oxygens (including phenoxy) is 1. The lowest BCUT2D eigenvalue weighted by molar-refractivity contribution is 0.412. The number of methoxy groups -OCH3 is 1. The van der Waals surface area contributed by atoms with E-state index in [0.717, 1.165) is 34.3 Å². The Morgan fingerprint density at radius 1 is 1.11 bits per heavy atom. The lowest BCUT2D eigenvalue weighted by atomic mass is 9.95. The smallest absolute Gasteiger partial charge is 0.248 e. The van der Waals surface area contributed by atoms with Crippen LogP contribution in [0.1, 0.15) is 11.1 Å². The second-order valence-corrected chi connectivity index (χ2v) is 8.25. The third-order valence-corrected chi connectivity index (χ3v) is 5.37. The van der Waals surface area contributed by atoms with Crippen molar-refractivity contribution in [2.45, 2.75) is 19.0 Å². The molecular weight excluding hydrogens is 366 g/mol. The standard InChI is InChI=1S/C18H17N5O3S/c1-10-5-6-14(26-3)11(2)15(10)13-7-12-8-19-18(27(4,24)25)22-16(12)23-17(13)20-9-21-23/h5-9H,1-4H3. The Kier molecular flexibility index (Phi) is 3.84. The number of hydrogen-bond acceptors (Lipinski definition) is 7. The van der Waals surface area contributed by atoms with E-state index < -0.39 is 9.84 Å². The summed E-state index contributed by atoms with van der Waals surface area (Å²) in [7, 11) is -1.90. The van der Waals surface area contributed by atoms with E-state index in [1.807, 2.05) is 32.0 Å². The molecule has 0 aliphatic carbocycles. The fourth-order valence-electron chi connectivity index (χ4n) is 3.26. The van der Waals surface area contributed by atoms with Crippen molar-refractivity contribution in [1.82, 2.24) is 24.6 Å². The molecule has 1 aromatic carbocycles. The molecular formula is C18H17N5O3S. The monoisotopic (exact) mass is 383 g/mol. The highest BCUT2D eigenvalue weighted by molar-refractivity contribution is 7.90. The average molecular weight is 383 g/mol. The molecule has 0 aliphatic heterocycles. The van der Waals surface area contributed by atoms with Gasteiger partial charge in [-0.15, -0.1) is 0 Å². The van der Waals surface area contributed by atoms with Gasteiger partial charge in [0.2, 0.25) is 15.0 Å². The van der Waals surface area contributed by atoms with E-state index in [1.165, 1.54) is 12.5 Å². The minimum atomic E-state index is -3.53. The fourth-order valence-corrected chi connectivity index (χ4v) is 3.76. The third kappa shape index (κ3) is 2.71. The molecule has 9 heteroatoms. The second kappa shape index (κ2) is 5.98. The van der Waals surface area contributed by atoms with E-state index in [4.69, 9.17) is 4.74 Å². The molecule has 0 atom stereocenters. The summed E-state index contributed by atoms with van der Waals surface area (Å²) in [6.45, 7) is 4.00. The molecule has 138 valence electrons. The molecule has 3 heterocycles. The predicted octanol–water partition coefficient (Wildman–Crippen LogP) is 2.37. The summed E-state index contributed by atoms with van der Waals surface area (Å²) >= 11 is 0. The number of pyridine rings is 1. The first-order valence-corrected chi connectivity index (χ1v) is 10.0. The highest BCUT2D eigenvalue weighted by atomic mass is 32.2. The Balaban J connectivity index is 2.11. The highest BCUT2D eigenvalue weighted by Gasteiger charge is 2.19. The van der Waals surface area contributed by atoms with Gasteiger partial charge in [0, 0.05) is 23.4 Å². The molecule has 0 radical (unpaired) electrons. The number of sulfone groups is 1. The van der Waals surface area contributed by atoms with Crippen molar-refractivity contribution in [2.24, 2.45) is 0 Å². The highest BCUT2D eigenvalue weighted by Crippen LogP contribution is 2.36. The quantitative estimate of drug-likeness (QED) is 0.501. The van der Waals surface area contributed by atoms with Gasteiger partial charge < -0.3 is 4.74 Å². The Labute approximate surface area is 155 Å². The van der Waals surface area contributed by atoms with Crippen molar-refractivity contribution in [3.63, 3.8) is 0 Å². The molecule has 0 unspecified atom stereocenters. The van der Waals surface area contributed by atoms with Gasteiger partial charge in [-0.3, -0.25) is 0 Å². The Morgan fingerprint density at radius 3 is 2.59 bits per heavy atom. The molecule has 0 aliphatic rings. The topological polar surface area (TPSA) is 99.3 Å². The van der Waals surface area contributed by atoms with Gasteiger partial charge in [0.15, 0.2) is 11.3 Å². The molecule has 8 nitrogen and oxygen atoms in total. The van der Waals surface area contributed by atoms with Gasteiger partial charge in [0.05, 0.1) is 7.11 Å². The van der Waals surface area contributed by atoms with Crippen LogP contribution in [0.25, 0.3) is 27.8 Å². The SMILES string of the molecule is COc1ccc(C)c(-c2cc3cnc(S(C)(=O)=O)nc3n3ncnc23)c1C. The van der Waals surface area contributed by atoms with Crippen molar-refractivity contribution in [3.05, 3.63) is 41.9 Å². The molecule has 0 fully saturated rings. The van der Waals surface area contributed by atoms with Crippen LogP contribution in [0.5, 0.6) is 5.75 Å². The van der Waals surface area contributed by atoms with Crippen molar-refractivity contribution in [2.75, 3.05) is 13.4 Å². The van der Waals surface area contributed by atoms with Gasteiger partial charge in [-0.25, -0.2) is 18.4 Å². The molecule has 3 aromatic heterocycles. The Bertz CT molecular complexity index is 1310. The second-order valence-electron chi connectivity index (χ2n) is 6.34. The van der Waals surface area contributed by atoms with Crippen molar-refractivity contribution in [1.29, 1.82) is 0 Å². The molecule has 0 N–H and O–H groups in total. The molecule has 4 aromatic rings. The fraction of sp³-hybridized carbons (Fsp3) is 0.222. The van der Waals surface area contributed by atoms with Crippen LogP contribution in [0.15, 0.2) is 35.9 Å². The van der Waals surface area contributed by atoms with E-state index in [-0.39, 0.29) is 5.16 Å². The first-order valence-electron chi connectivity index (χ1n) is 8.15. The minimum Gasteiger partial charge on any atom is -0.496 e. The van der Waals surface area contributed by atoms with E-state index in [9.17, 15) is 8.42 Å². The van der Waals surface area contributed by atoms with E-state index in [1.54, 1.807) is 11.6 Å². The summed E-state index contributed by atoms with van der Waals surface area (Å²) in [6.07, 6.45) is 3.99. The number of benzene rings is 1. The van der Waals surface area contributed by atoms with Gasteiger partial charge in [-0.1, -0.05) is 6.07 Å². The van der Waals surface area contributed by atoms with Gasteiger partial charge in [-0.05, 0) is 42.7 Å². The van der Waals surface area contributed by atoms with Crippen LogP contribution in [0.3, 0.4) is 0 Å². The van der Waals surface area contributed by atoms with Crippen molar-refractivity contribution in [3.8, 4) is 16.9 Å². The largest absolute Gasteiger partial charge is 0.496 e. The van der Waals surface area contributed by atoms with E-state index in [2.05, 4.69) is 20.1 Å². The van der Waals surface area contributed by atoms with Gasteiger partial charge in [0.25, 0.3) is 0 Å². The zero-order valence-corrected chi connectivity index (χ0v) is 16.1. The maximum Gasteiger partial charge on any atom is 0.248 e. The third-order valence-electron chi connectivity index (χ3n) is 4.51. The van der Waals surface area contributed by atoms with Gasteiger partial charge >= 0.3 is 0 Å². The predicted molar refractivity (Wildman–Crippen MR) is 101 cm³/mol. The first-order chi connectivity index (χ1) is 12.8. The van der Waals surface area contributed by atoms with E-state index >= 15 is 0 Å². The molecule has 0 bridgehead atoms. The summed E-state index contributed by atoms with van der Waals surface area (Å²) in [5.41, 5.74) is 4.85. The maximum absolute atomic E-state index is 11.8. The molecule has 0 saturated heterocycles. The van der Waals surface area contributed by atoms with Gasteiger partial charge in [0.1, 0.15) is 12.1 Å². The summed E-state index contributed by atoms with van der Waals surface area (Å²) in [4.78, 5) is 12.6. The maximum atomic E-state index is 11.8. The van der Waals surface area contributed by atoms with Crippen molar-refractivity contribution >= 4 is 26.5 Å². The average Bonchev–Trinajstić information content (AvgIpc) is 3.11. The lowest BCUT2D eigenvalue weighted by Crippen LogP contribution is -2.06. The minimum absolute atomic E-state index is 0.242. The molecule has 27 heavy (non-hydrogen) atoms. The summed E-state index contributed by atoms with van der Waals surface area (Å²) < 4.78 is 30.6. The Hall–Kier alpha value is -3.07.